The summed E-state index contributed by atoms with van der Waals surface area (Å²) in [5, 5.41) is 0. The van der Waals surface area contributed by atoms with Crippen molar-refractivity contribution in [3.63, 3.8) is 0 Å². The van der Waals surface area contributed by atoms with Crippen LogP contribution in [0.4, 0.5) is 0 Å². The van der Waals surface area contributed by atoms with Crippen LogP contribution in [0.5, 0.6) is 0 Å². The first kappa shape index (κ1) is 12.2. The Morgan fingerprint density at radius 3 is 2.53 bits per heavy atom. The molecule has 1 rings (SSSR count). The number of hydrogen-bond acceptors (Lipinski definition) is 3. The quantitative estimate of drug-likeness (QED) is 0.659. The maximum absolute atomic E-state index is 11.6. The van der Waals surface area contributed by atoms with E-state index >= 15 is 0 Å². The van der Waals surface area contributed by atoms with E-state index in [1.165, 1.54) is 6.92 Å². The predicted octanol–water partition coefficient (Wildman–Crippen LogP) is 2.19. The molecule has 1 aliphatic carbocycles. The molecule has 3 atom stereocenters. The van der Waals surface area contributed by atoms with E-state index in [9.17, 15) is 9.59 Å². The van der Waals surface area contributed by atoms with Crippen molar-refractivity contribution in [3.05, 3.63) is 0 Å². The van der Waals surface area contributed by atoms with Crippen molar-refractivity contribution in [2.75, 3.05) is 0 Å². The van der Waals surface area contributed by atoms with Crippen LogP contribution in [0.2, 0.25) is 0 Å². The molecule has 0 spiro atoms. The summed E-state index contributed by atoms with van der Waals surface area (Å²) in [6, 6.07) is 0. The van der Waals surface area contributed by atoms with Crippen molar-refractivity contribution < 1.29 is 14.3 Å². The first-order valence-corrected chi connectivity index (χ1v) is 5.61. The van der Waals surface area contributed by atoms with Gasteiger partial charge < -0.3 is 4.74 Å². The van der Waals surface area contributed by atoms with E-state index < -0.39 is 0 Å². The van der Waals surface area contributed by atoms with Gasteiger partial charge >= 0.3 is 5.97 Å². The normalized spacial score (nSPS) is 31.8. The molecule has 0 amide bonds. The van der Waals surface area contributed by atoms with Crippen LogP contribution in [0.15, 0.2) is 0 Å². The second kappa shape index (κ2) is 4.77. The van der Waals surface area contributed by atoms with Gasteiger partial charge in [0.2, 0.25) is 0 Å². The molecule has 0 aromatic rings. The van der Waals surface area contributed by atoms with E-state index in [0.717, 1.165) is 0 Å². The summed E-state index contributed by atoms with van der Waals surface area (Å²) in [4.78, 5) is 22.6. The maximum atomic E-state index is 11.6. The summed E-state index contributed by atoms with van der Waals surface area (Å²) in [5.74, 6) is 0.664. The zero-order valence-electron chi connectivity index (χ0n) is 9.95. The van der Waals surface area contributed by atoms with Gasteiger partial charge in [0.05, 0.1) is 0 Å². The number of carbonyl (C=O) groups is 2. The van der Waals surface area contributed by atoms with Gasteiger partial charge in [0.25, 0.3) is 0 Å². The monoisotopic (exact) mass is 212 g/mol. The Bertz CT molecular complexity index is 258. The van der Waals surface area contributed by atoms with Gasteiger partial charge in [-0.15, -0.1) is 0 Å². The van der Waals surface area contributed by atoms with E-state index in [1.54, 1.807) is 0 Å². The number of carbonyl (C=O) groups excluding carboxylic acids is 2. The number of hydrogen-bond donors (Lipinski definition) is 0. The highest BCUT2D eigenvalue weighted by Gasteiger charge is 2.37. The molecule has 0 aromatic carbocycles. The average Bonchev–Trinajstić information content (AvgIpc) is 2.09. The Kier molecular flexibility index (Phi) is 3.89. The Morgan fingerprint density at radius 2 is 2.07 bits per heavy atom. The molecular weight excluding hydrogens is 192 g/mol. The molecule has 3 unspecified atom stereocenters. The lowest BCUT2D eigenvalue weighted by Gasteiger charge is -2.35. The largest absolute Gasteiger partial charge is 0.462 e. The first-order valence-electron chi connectivity index (χ1n) is 5.61. The number of rotatable bonds is 2. The fourth-order valence-corrected chi connectivity index (χ4v) is 2.23. The molecule has 3 nitrogen and oxygen atoms in total. The van der Waals surface area contributed by atoms with Gasteiger partial charge in [-0.3, -0.25) is 9.59 Å². The van der Waals surface area contributed by atoms with Gasteiger partial charge in [0, 0.05) is 25.2 Å². The summed E-state index contributed by atoms with van der Waals surface area (Å²) in [6.45, 7) is 7.49. The minimum absolute atomic E-state index is 0.0318. The van der Waals surface area contributed by atoms with Crippen molar-refractivity contribution >= 4 is 11.8 Å². The highest BCUT2D eigenvalue weighted by atomic mass is 16.5. The van der Waals surface area contributed by atoms with E-state index in [4.69, 9.17) is 4.74 Å². The summed E-state index contributed by atoms with van der Waals surface area (Å²) in [6.07, 6.45) is 1.16. The minimum atomic E-state index is -0.243. The number of ketones is 1. The second-order valence-electron chi connectivity index (χ2n) is 4.86. The van der Waals surface area contributed by atoms with Crippen molar-refractivity contribution in [1.29, 1.82) is 0 Å². The molecule has 1 aliphatic rings. The molecule has 0 bridgehead atoms. The molecule has 1 saturated carbocycles. The highest BCUT2D eigenvalue weighted by molar-refractivity contribution is 5.82. The lowest BCUT2D eigenvalue weighted by atomic mass is 9.74. The number of Topliss-reactive ketones (excluding diaryl/α,β-unsaturated/α-hetero) is 1. The molecule has 3 heteroatoms. The molecule has 1 fully saturated rings. The van der Waals surface area contributed by atoms with Gasteiger partial charge in [0.1, 0.15) is 11.9 Å². The van der Waals surface area contributed by atoms with Gasteiger partial charge in [-0.1, -0.05) is 20.8 Å². The third-order valence-electron chi connectivity index (χ3n) is 3.22. The Labute approximate surface area is 91.2 Å². The zero-order chi connectivity index (χ0) is 11.6. The molecule has 0 N–H and O–H groups in total. The smallest absolute Gasteiger partial charge is 0.302 e. The summed E-state index contributed by atoms with van der Waals surface area (Å²) in [7, 11) is 0. The van der Waals surface area contributed by atoms with Gasteiger partial charge in [-0.25, -0.2) is 0 Å². The van der Waals surface area contributed by atoms with Crippen LogP contribution in [0.1, 0.15) is 40.5 Å². The minimum Gasteiger partial charge on any atom is -0.462 e. The van der Waals surface area contributed by atoms with Crippen LogP contribution in [-0.4, -0.2) is 17.9 Å². The van der Waals surface area contributed by atoms with Crippen LogP contribution < -0.4 is 0 Å². The van der Waals surface area contributed by atoms with Gasteiger partial charge in [-0.05, 0) is 12.3 Å². The SMILES string of the molecule is CC(=O)OC1CC(C)C(=O)CC1C(C)C. The van der Waals surface area contributed by atoms with Gasteiger partial charge in [-0.2, -0.15) is 0 Å². The first-order chi connectivity index (χ1) is 6.91. The molecule has 0 aromatic heterocycles. The Hall–Kier alpha value is -0.860. The van der Waals surface area contributed by atoms with Crippen LogP contribution in [0.3, 0.4) is 0 Å². The van der Waals surface area contributed by atoms with E-state index in [0.29, 0.717) is 24.5 Å². The standard InChI is InChI=1S/C12H20O3/c1-7(2)10-6-11(14)8(3)5-12(10)15-9(4)13/h7-8,10,12H,5-6H2,1-4H3. The summed E-state index contributed by atoms with van der Waals surface area (Å²) in [5.41, 5.74) is 0. The fourth-order valence-electron chi connectivity index (χ4n) is 2.23. The van der Waals surface area contributed by atoms with Crippen molar-refractivity contribution in [2.45, 2.75) is 46.6 Å². The number of esters is 1. The summed E-state index contributed by atoms with van der Waals surface area (Å²) < 4.78 is 5.29. The maximum Gasteiger partial charge on any atom is 0.302 e. The zero-order valence-corrected chi connectivity index (χ0v) is 9.95. The van der Waals surface area contributed by atoms with Gasteiger partial charge in [0.15, 0.2) is 0 Å². The third kappa shape index (κ3) is 3.05. The molecule has 0 heterocycles. The van der Waals surface area contributed by atoms with Crippen LogP contribution in [0, 0.1) is 17.8 Å². The topological polar surface area (TPSA) is 43.4 Å². The lowest BCUT2D eigenvalue weighted by Crippen LogP contribution is -2.39. The highest BCUT2D eigenvalue weighted by Crippen LogP contribution is 2.33. The van der Waals surface area contributed by atoms with E-state index in [-0.39, 0.29) is 23.9 Å². The predicted molar refractivity (Wildman–Crippen MR) is 57.3 cm³/mol. The number of ether oxygens (including phenoxy) is 1. The second-order valence-corrected chi connectivity index (χ2v) is 4.86. The molecule has 0 aliphatic heterocycles. The molecule has 0 radical (unpaired) electrons. The summed E-state index contributed by atoms with van der Waals surface area (Å²) >= 11 is 0. The fraction of sp³-hybridized carbons (Fsp3) is 0.833. The Balaban J connectivity index is 2.72. The van der Waals surface area contributed by atoms with Crippen LogP contribution in [0.25, 0.3) is 0 Å². The molecular formula is C12H20O3. The average molecular weight is 212 g/mol. The van der Waals surface area contributed by atoms with E-state index in [1.807, 2.05) is 6.92 Å². The van der Waals surface area contributed by atoms with E-state index in [2.05, 4.69) is 13.8 Å². The van der Waals surface area contributed by atoms with Crippen molar-refractivity contribution in [3.8, 4) is 0 Å². The molecule has 86 valence electrons. The Morgan fingerprint density at radius 1 is 1.47 bits per heavy atom. The molecule has 0 saturated heterocycles. The lowest BCUT2D eigenvalue weighted by molar-refractivity contribution is -0.156. The third-order valence-corrected chi connectivity index (χ3v) is 3.22. The van der Waals surface area contributed by atoms with Crippen LogP contribution in [-0.2, 0) is 14.3 Å². The van der Waals surface area contributed by atoms with Crippen molar-refractivity contribution in [1.82, 2.24) is 0 Å². The van der Waals surface area contributed by atoms with Crippen LogP contribution >= 0.6 is 0 Å². The molecule has 15 heavy (non-hydrogen) atoms. The van der Waals surface area contributed by atoms with Crippen molar-refractivity contribution in [2.24, 2.45) is 17.8 Å².